The molecule has 0 bridgehead atoms. The fraction of sp³-hybridized carbons (Fsp3) is 0.219. The number of carbonyl (C=O) groups excluding carboxylic acids is 2. The Morgan fingerprint density at radius 3 is 2.24 bits per heavy atom. The summed E-state index contributed by atoms with van der Waals surface area (Å²) >= 11 is 0. The number of carbonyl (C=O) groups is 2. The first-order chi connectivity index (χ1) is 18.7. The Hall–Kier alpha value is -4.45. The highest BCUT2D eigenvalue weighted by Crippen LogP contribution is 2.30. The second-order valence-electron chi connectivity index (χ2n) is 9.72. The standard InChI is InChI=1S/C32H32N4O2/c37-31(27-11-5-2-6-12-27)35-28-13-14-30(29(21-28)32(38)34-23-26-10-7-17-33-22-26)36-18-15-25(16-19-36)20-24-8-3-1-4-9-24/h1-14,17,21-22,25H,15-16,18-20,23H2,(H,34,38)(H,35,37). The summed E-state index contributed by atoms with van der Waals surface area (Å²) in [5.41, 5.74) is 4.91. The lowest BCUT2D eigenvalue weighted by Gasteiger charge is -2.35. The summed E-state index contributed by atoms with van der Waals surface area (Å²) in [6, 6.07) is 29.1. The van der Waals surface area contributed by atoms with Gasteiger partial charge in [-0.15, -0.1) is 0 Å². The lowest BCUT2D eigenvalue weighted by atomic mass is 9.89. The van der Waals surface area contributed by atoms with Crippen LogP contribution in [0.3, 0.4) is 0 Å². The lowest BCUT2D eigenvalue weighted by Crippen LogP contribution is -2.36. The summed E-state index contributed by atoms with van der Waals surface area (Å²) in [4.78, 5) is 32.6. The first-order valence-corrected chi connectivity index (χ1v) is 13.1. The van der Waals surface area contributed by atoms with Crippen molar-refractivity contribution in [1.29, 1.82) is 0 Å². The molecule has 0 spiro atoms. The average molecular weight is 505 g/mol. The number of benzene rings is 3. The van der Waals surface area contributed by atoms with Crippen molar-refractivity contribution in [2.75, 3.05) is 23.3 Å². The fourth-order valence-electron chi connectivity index (χ4n) is 4.97. The van der Waals surface area contributed by atoms with Gasteiger partial charge in [0.25, 0.3) is 11.8 Å². The van der Waals surface area contributed by atoms with Crippen molar-refractivity contribution in [3.05, 3.63) is 126 Å². The van der Waals surface area contributed by atoms with Crippen LogP contribution in [0, 0.1) is 5.92 Å². The van der Waals surface area contributed by atoms with Crippen molar-refractivity contribution >= 4 is 23.2 Å². The Labute approximate surface area is 223 Å². The van der Waals surface area contributed by atoms with E-state index in [4.69, 9.17) is 0 Å². The monoisotopic (exact) mass is 504 g/mol. The van der Waals surface area contributed by atoms with Crippen molar-refractivity contribution in [3.8, 4) is 0 Å². The molecule has 1 aromatic heterocycles. The maximum Gasteiger partial charge on any atom is 0.255 e. The molecule has 0 saturated carbocycles. The molecule has 6 heteroatoms. The predicted molar refractivity (Wildman–Crippen MR) is 151 cm³/mol. The number of nitrogens with zero attached hydrogens (tertiary/aromatic N) is 2. The number of hydrogen-bond donors (Lipinski definition) is 2. The topological polar surface area (TPSA) is 74.3 Å². The van der Waals surface area contributed by atoms with Crippen molar-refractivity contribution in [2.24, 2.45) is 5.92 Å². The van der Waals surface area contributed by atoms with Gasteiger partial charge in [-0.3, -0.25) is 14.6 Å². The fourth-order valence-corrected chi connectivity index (χ4v) is 4.97. The van der Waals surface area contributed by atoms with E-state index in [1.165, 1.54) is 5.56 Å². The van der Waals surface area contributed by atoms with E-state index in [2.05, 4.69) is 50.8 Å². The minimum atomic E-state index is -0.207. The first kappa shape index (κ1) is 25.2. The Bertz CT molecular complexity index is 1350. The van der Waals surface area contributed by atoms with Crippen LogP contribution in [0.1, 0.15) is 44.7 Å². The summed E-state index contributed by atoms with van der Waals surface area (Å²) in [5, 5.41) is 5.97. The van der Waals surface area contributed by atoms with Crippen LogP contribution in [0.15, 0.2) is 103 Å². The van der Waals surface area contributed by atoms with Gasteiger partial charge >= 0.3 is 0 Å². The SMILES string of the molecule is O=C(Nc1ccc(N2CCC(Cc3ccccc3)CC2)c(C(=O)NCc2cccnc2)c1)c1ccccc1. The lowest BCUT2D eigenvalue weighted by molar-refractivity contribution is 0.0950. The highest BCUT2D eigenvalue weighted by atomic mass is 16.2. The molecule has 0 unspecified atom stereocenters. The van der Waals surface area contributed by atoms with Gasteiger partial charge in [0.15, 0.2) is 0 Å². The minimum absolute atomic E-state index is 0.175. The van der Waals surface area contributed by atoms with Crippen molar-refractivity contribution in [3.63, 3.8) is 0 Å². The van der Waals surface area contributed by atoms with Crippen LogP contribution in [0.25, 0.3) is 0 Å². The first-order valence-electron chi connectivity index (χ1n) is 13.1. The number of piperidine rings is 1. The summed E-state index contributed by atoms with van der Waals surface area (Å²) in [6.07, 6.45) is 6.67. The quantitative estimate of drug-likeness (QED) is 0.322. The molecule has 1 aliphatic heterocycles. The van der Waals surface area contributed by atoms with Gasteiger partial charge in [0.2, 0.25) is 0 Å². The Balaban J connectivity index is 1.32. The van der Waals surface area contributed by atoms with Gasteiger partial charge in [-0.05, 0) is 72.7 Å². The van der Waals surface area contributed by atoms with Crippen LogP contribution >= 0.6 is 0 Å². The normalized spacial score (nSPS) is 13.6. The molecule has 192 valence electrons. The maximum absolute atomic E-state index is 13.4. The number of anilines is 2. The van der Waals surface area contributed by atoms with Crippen LogP contribution in [-0.4, -0.2) is 29.9 Å². The third kappa shape index (κ3) is 6.45. The zero-order valence-electron chi connectivity index (χ0n) is 21.3. The van der Waals surface area contributed by atoms with Crippen molar-refractivity contribution in [1.82, 2.24) is 10.3 Å². The summed E-state index contributed by atoms with van der Waals surface area (Å²) in [5.74, 6) is 0.244. The average Bonchev–Trinajstić information content (AvgIpc) is 2.98. The number of amides is 2. The number of nitrogens with one attached hydrogen (secondary N) is 2. The third-order valence-electron chi connectivity index (χ3n) is 7.03. The van der Waals surface area contributed by atoms with E-state index in [0.29, 0.717) is 29.3 Å². The Morgan fingerprint density at radius 2 is 1.53 bits per heavy atom. The number of hydrogen-bond acceptors (Lipinski definition) is 4. The molecule has 2 heterocycles. The highest BCUT2D eigenvalue weighted by molar-refractivity contribution is 6.06. The molecule has 2 N–H and O–H groups in total. The maximum atomic E-state index is 13.4. The van der Waals surface area contributed by atoms with Gasteiger partial charge in [-0.25, -0.2) is 0 Å². The third-order valence-corrected chi connectivity index (χ3v) is 7.03. The van der Waals surface area contributed by atoms with Crippen LogP contribution in [0.4, 0.5) is 11.4 Å². The zero-order valence-corrected chi connectivity index (χ0v) is 21.3. The predicted octanol–water partition coefficient (Wildman–Crippen LogP) is 5.72. The molecule has 6 nitrogen and oxygen atoms in total. The molecule has 5 rings (SSSR count). The van der Waals surface area contributed by atoms with E-state index in [-0.39, 0.29) is 11.8 Å². The van der Waals surface area contributed by atoms with E-state index >= 15 is 0 Å². The molecule has 1 aliphatic rings. The second-order valence-corrected chi connectivity index (χ2v) is 9.72. The second kappa shape index (κ2) is 12.2. The van der Waals surface area contributed by atoms with E-state index in [0.717, 1.165) is 43.6 Å². The molecule has 0 radical (unpaired) electrons. The smallest absolute Gasteiger partial charge is 0.255 e. The Morgan fingerprint density at radius 1 is 0.816 bits per heavy atom. The van der Waals surface area contributed by atoms with Crippen LogP contribution in [0.5, 0.6) is 0 Å². The van der Waals surface area contributed by atoms with Crippen molar-refractivity contribution < 1.29 is 9.59 Å². The van der Waals surface area contributed by atoms with Crippen LogP contribution in [-0.2, 0) is 13.0 Å². The van der Waals surface area contributed by atoms with Crippen molar-refractivity contribution in [2.45, 2.75) is 25.8 Å². The zero-order chi connectivity index (χ0) is 26.2. The molecule has 1 fully saturated rings. The van der Waals surface area contributed by atoms with E-state index < -0.39 is 0 Å². The molecule has 0 atom stereocenters. The van der Waals surface area contributed by atoms with E-state index in [1.54, 1.807) is 30.6 Å². The molecule has 4 aromatic rings. The van der Waals surface area contributed by atoms with Gasteiger partial charge < -0.3 is 15.5 Å². The summed E-state index contributed by atoms with van der Waals surface area (Å²) in [7, 11) is 0. The van der Waals surface area contributed by atoms with Gasteiger partial charge in [0.1, 0.15) is 0 Å². The molecule has 3 aromatic carbocycles. The summed E-state index contributed by atoms with van der Waals surface area (Å²) in [6.45, 7) is 2.15. The number of rotatable bonds is 8. The van der Waals surface area contributed by atoms with Gasteiger partial charge in [0.05, 0.1) is 5.56 Å². The van der Waals surface area contributed by atoms with Crippen LogP contribution < -0.4 is 15.5 Å². The van der Waals surface area contributed by atoms with Gasteiger partial charge in [-0.1, -0.05) is 54.6 Å². The summed E-state index contributed by atoms with van der Waals surface area (Å²) < 4.78 is 0. The highest BCUT2D eigenvalue weighted by Gasteiger charge is 2.24. The minimum Gasteiger partial charge on any atom is -0.371 e. The number of aromatic nitrogens is 1. The number of pyridine rings is 1. The Kier molecular flexibility index (Phi) is 8.09. The van der Waals surface area contributed by atoms with Crippen LogP contribution in [0.2, 0.25) is 0 Å². The van der Waals surface area contributed by atoms with Gasteiger partial charge in [0, 0.05) is 49.0 Å². The molecule has 1 saturated heterocycles. The molecular weight excluding hydrogens is 472 g/mol. The van der Waals surface area contributed by atoms with E-state index in [1.807, 2.05) is 42.5 Å². The largest absolute Gasteiger partial charge is 0.371 e. The van der Waals surface area contributed by atoms with E-state index in [9.17, 15) is 9.59 Å². The molecular formula is C32H32N4O2. The molecule has 38 heavy (non-hydrogen) atoms. The van der Waals surface area contributed by atoms with Gasteiger partial charge in [-0.2, -0.15) is 0 Å². The molecule has 0 aliphatic carbocycles. The molecule has 2 amide bonds.